The predicted molar refractivity (Wildman–Crippen MR) is 113 cm³/mol. The number of ether oxygens (including phenoxy) is 1. The molecule has 10 heteroatoms. The van der Waals surface area contributed by atoms with E-state index in [4.69, 9.17) is 9.84 Å². The molecule has 0 bridgehead atoms. The van der Waals surface area contributed by atoms with E-state index in [9.17, 15) is 9.59 Å². The largest absolute Gasteiger partial charge is 0.479 e. The molecule has 1 aromatic heterocycles. The average molecular weight is 433 g/mol. The maximum Gasteiger partial charge on any atom is 0.344 e. The molecule has 0 spiro atoms. The lowest BCUT2D eigenvalue weighted by Gasteiger charge is -2.13. The van der Waals surface area contributed by atoms with Crippen LogP contribution in [0.4, 0.5) is 5.13 Å². The summed E-state index contributed by atoms with van der Waals surface area (Å²) in [6.07, 6.45) is 1.58. The Morgan fingerprint density at radius 3 is 2.86 bits per heavy atom. The minimum absolute atomic E-state index is 0.123. The number of amides is 1. The lowest BCUT2D eigenvalue weighted by atomic mass is 10.2. The Hall–Kier alpha value is -2.72. The van der Waals surface area contributed by atoms with Gasteiger partial charge in [0.25, 0.3) is 5.91 Å². The Morgan fingerprint density at radius 1 is 1.41 bits per heavy atom. The Morgan fingerprint density at radius 2 is 2.21 bits per heavy atom. The summed E-state index contributed by atoms with van der Waals surface area (Å²) in [5.74, 6) is -0.742. The quantitative estimate of drug-likeness (QED) is 0.665. The number of carboxylic acids is 1. The number of rotatable bonds is 7. The molecule has 0 saturated carbocycles. The molecule has 0 radical (unpaired) electrons. The Bertz CT molecular complexity index is 986. The van der Waals surface area contributed by atoms with Gasteiger partial charge in [-0.25, -0.2) is 4.79 Å². The summed E-state index contributed by atoms with van der Waals surface area (Å²) in [6.45, 7) is 5.87. The van der Waals surface area contributed by atoms with Crippen LogP contribution in [0.5, 0.6) is 5.75 Å². The first-order chi connectivity index (χ1) is 13.9. The summed E-state index contributed by atoms with van der Waals surface area (Å²) in [6, 6.07) is 6.96. The van der Waals surface area contributed by atoms with E-state index in [1.54, 1.807) is 29.2 Å². The first-order valence-corrected chi connectivity index (χ1v) is 10.6. The van der Waals surface area contributed by atoms with Crippen LogP contribution in [0.2, 0.25) is 0 Å². The number of hydrogen-bond acceptors (Lipinski definition) is 8. The van der Waals surface area contributed by atoms with Gasteiger partial charge >= 0.3 is 5.97 Å². The molecule has 2 aromatic rings. The second-order valence-electron chi connectivity index (χ2n) is 6.24. The molecule has 152 valence electrons. The van der Waals surface area contributed by atoms with Crippen molar-refractivity contribution >= 4 is 51.4 Å². The van der Waals surface area contributed by atoms with E-state index in [1.807, 2.05) is 19.9 Å². The first-order valence-electron chi connectivity index (χ1n) is 8.97. The maximum absolute atomic E-state index is 12.9. The van der Waals surface area contributed by atoms with Crippen LogP contribution in [0.3, 0.4) is 0 Å². The highest BCUT2D eigenvalue weighted by molar-refractivity contribution is 8.18. The summed E-state index contributed by atoms with van der Waals surface area (Å²) in [5.41, 5.74) is 0.736. The second-order valence-corrected chi connectivity index (χ2v) is 8.41. The molecule has 1 atom stereocenters. The van der Waals surface area contributed by atoms with Gasteiger partial charge in [0.1, 0.15) is 10.8 Å². The number of hydrogen-bond donors (Lipinski definition) is 1. The molecule has 1 unspecified atom stereocenters. The highest BCUT2D eigenvalue weighted by Gasteiger charge is 2.33. The number of aliphatic imine (C=N–C) groups is 1. The van der Waals surface area contributed by atoms with Crippen molar-refractivity contribution in [2.45, 2.75) is 33.3 Å². The van der Waals surface area contributed by atoms with Crippen LogP contribution in [-0.2, 0) is 9.59 Å². The van der Waals surface area contributed by atoms with Gasteiger partial charge in [0.15, 0.2) is 11.3 Å². The Labute approximate surface area is 176 Å². The SMILES string of the molecule is CCCN1C(=O)/C(=C\c2cccc(OC(C)C(=O)O)c2)S/C1=N/c1nnc(C)s1. The molecule has 2 heterocycles. The number of carbonyl (C=O) groups excluding carboxylic acids is 1. The fourth-order valence-corrected chi connectivity index (χ4v) is 4.13. The van der Waals surface area contributed by atoms with Crippen molar-refractivity contribution in [2.75, 3.05) is 6.54 Å². The summed E-state index contributed by atoms with van der Waals surface area (Å²) < 4.78 is 5.40. The minimum atomic E-state index is -1.04. The number of carboxylic acid groups (broad SMARTS) is 1. The van der Waals surface area contributed by atoms with Crippen molar-refractivity contribution in [2.24, 2.45) is 4.99 Å². The van der Waals surface area contributed by atoms with Crippen molar-refractivity contribution in [1.82, 2.24) is 15.1 Å². The minimum Gasteiger partial charge on any atom is -0.479 e. The molecule has 1 N–H and O–H groups in total. The lowest BCUT2D eigenvalue weighted by Crippen LogP contribution is -2.29. The molecule has 1 aromatic carbocycles. The number of thioether (sulfide) groups is 1. The highest BCUT2D eigenvalue weighted by Crippen LogP contribution is 2.35. The lowest BCUT2D eigenvalue weighted by molar-refractivity contribution is -0.144. The van der Waals surface area contributed by atoms with Gasteiger partial charge in [-0.05, 0) is 55.8 Å². The van der Waals surface area contributed by atoms with E-state index in [0.717, 1.165) is 17.0 Å². The molecule has 1 fully saturated rings. The van der Waals surface area contributed by atoms with Crippen LogP contribution in [0, 0.1) is 6.92 Å². The molecule has 1 saturated heterocycles. The third-order valence-corrected chi connectivity index (χ3v) is 5.60. The standard InChI is InChI=1S/C19H20N4O4S2/c1-4-8-23-16(24)15(29-19(23)20-18-22-21-12(3)28-18)10-13-6-5-7-14(9-13)27-11(2)17(25)26/h5-7,9-11H,4,8H2,1-3H3,(H,25,26)/b15-10+,20-19+. The molecule has 1 aliphatic rings. The molecule has 1 aliphatic heterocycles. The summed E-state index contributed by atoms with van der Waals surface area (Å²) >= 11 is 2.65. The maximum atomic E-state index is 12.9. The molecule has 3 rings (SSSR count). The highest BCUT2D eigenvalue weighted by atomic mass is 32.2. The van der Waals surface area contributed by atoms with Crippen molar-refractivity contribution < 1.29 is 19.4 Å². The van der Waals surface area contributed by atoms with E-state index < -0.39 is 12.1 Å². The van der Waals surface area contributed by atoms with Crippen LogP contribution < -0.4 is 4.74 Å². The monoisotopic (exact) mass is 432 g/mol. The molecular formula is C19H20N4O4S2. The Balaban J connectivity index is 1.86. The van der Waals surface area contributed by atoms with Crippen LogP contribution in [-0.4, -0.2) is 49.9 Å². The third-order valence-electron chi connectivity index (χ3n) is 3.86. The Kier molecular flexibility index (Phi) is 6.65. The van der Waals surface area contributed by atoms with Gasteiger partial charge in [-0.2, -0.15) is 4.99 Å². The zero-order valence-electron chi connectivity index (χ0n) is 16.2. The number of aromatic nitrogens is 2. The topological polar surface area (TPSA) is 105 Å². The van der Waals surface area contributed by atoms with E-state index >= 15 is 0 Å². The fourth-order valence-electron chi connectivity index (χ4n) is 2.51. The zero-order valence-corrected chi connectivity index (χ0v) is 17.8. The number of aryl methyl sites for hydroxylation is 1. The van der Waals surface area contributed by atoms with Gasteiger partial charge in [0.05, 0.1) is 4.91 Å². The van der Waals surface area contributed by atoms with Gasteiger partial charge < -0.3 is 9.84 Å². The van der Waals surface area contributed by atoms with E-state index in [2.05, 4.69) is 15.2 Å². The zero-order chi connectivity index (χ0) is 21.0. The van der Waals surface area contributed by atoms with Crippen LogP contribution in [0.25, 0.3) is 6.08 Å². The van der Waals surface area contributed by atoms with Gasteiger partial charge in [-0.15, -0.1) is 10.2 Å². The second kappa shape index (κ2) is 9.19. The summed E-state index contributed by atoms with van der Waals surface area (Å²) in [5, 5.41) is 18.9. The third kappa shape index (κ3) is 5.21. The van der Waals surface area contributed by atoms with Crippen molar-refractivity contribution in [3.8, 4) is 5.75 Å². The predicted octanol–water partition coefficient (Wildman–Crippen LogP) is 3.71. The average Bonchev–Trinajstić information content (AvgIpc) is 3.20. The van der Waals surface area contributed by atoms with Crippen LogP contribution in [0.15, 0.2) is 34.2 Å². The normalized spacial score (nSPS) is 17.9. The molecule has 0 aliphatic carbocycles. The van der Waals surface area contributed by atoms with E-state index in [1.165, 1.54) is 30.0 Å². The van der Waals surface area contributed by atoms with Crippen molar-refractivity contribution in [3.63, 3.8) is 0 Å². The van der Waals surface area contributed by atoms with Crippen LogP contribution >= 0.6 is 23.1 Å². The van der Waals surface area contributed by atoms with Gasteiger partial charge in [-0.1, -0.05) is 30.4 Å². The molecule has 1 amide bonds. The van der Waals surface area contributed by atoms with Gasteiger partial charge in [-0.3, -0.25) is 9.69 Å². The first kappa shape index (κ1) is 21.0. The number of aliphatic carboxylic acids is 1. The molecule has 8 nitrogen and oxygen atoms in total. The molecule has 29 heavy (non-hydrogen) atoms. The van der Waals surface area contributed by atoms with Gasteiger partial charge in [0, 0.05) is 6.54 Å². The van der Waals surface area contributed by atoms with Crippen molar-refractivity contribution in [3.05, 3.63) is 39.7 Å². The fraction of sp³-hybridized carbons (Fsp3) is 0.316. The smallest absolute Gasteiger partial charge is 0.344 e. The number of carbonyl (C=O) groups is 2. The number of benzene rings is 1. The van der Waals surface area contributed by atoms with E-state index in [-0.39, 0.29) is 5.91 Å². The summed E-state index contributed by atoms with van der Waals surface area (Å²) in [7, 11) is 0. The number of nitrogens with zero attached hydrogens (tertiary/aromatic N) is 4. The van der Waals surface area contributed by atoms with Crippen LogP contribution in [0.1, 0.15) is 30.8 Å². The number of amidine groups is 1. The van der Waals surface area contributed by atoms with Gasteiger partial charge in [0.2, 0.25) is 5.13 Å². The molecular weight excluding hydrogens is 412 g/mol. The van der Waals surface area contributed by atoms with Crippen molar-refractivity contribution in [1.29, 1.82) is 0 Å². The summed E-state index contributed by atoms with van der Waals surface area (Å²) in [4.78, 5) is 30.5. The van der Waals surface area contributed by atoms with E-state index in [0.29, 0.717) is 27.5 Å².